The summed E-state index contributed by atoms with van der Waals surface area (Å²) in [4.78, 5) is 43.7. The molecule has 0 spiro atoms. The summed E-state index contributed by atoms with van der Waals surface area (Å²) in [5, 5.41) is 0.687. The second-order valence-corrected chi connectivity index (χ2v) is 10.4. The van der Waals surface area contributed by atoms with E-state index in [9.17, 15) is 14.4 Å². The largest absolute Gasteiger partial charge is 0.459 e. The van der Waals surface area contributed by atoms with Crippen LogP contribution in [0.5, 0.6) is 0 Å². The molecule has 4 atom stereocenters. The average molecular weight is 603 g/mol. The molecule has 0 N–H and O–H groups in total. The highest BCUT2D eigenvalue weighted by Gasteiger charge is 2.51. The maximum Gasteiger partial charge on any atom is 0.338 e. The van der Waals surface area contributed by atoms with Gasteiger partial charge in [-0.15, -0.1) is 11.8 Å². The molecule has 0 bridgehead atoms. The number of carbonyl (C=O) groups excluding carboxylic acids is 3. The number of rotatable bonds is 9. The van der Waals surface area contributed by atoms with Crippen LogP contribution in [0.25, 0.3) is 0 Å². The van der Waals surface area contributed by atoms with Crippen LogP contribution < -0.4 is 0 Å². The molecule has 4 aromatic rings. The summed E-state index contributed by atoms with van der Waals surface area (Å²) in [5.41, 5.74) is 0.926. The molecule has 0 amide bonds. The third kappa shape index (κ3) is 6.76. The molecule has 1 aliphatic rings. The van der Waals surface area contributed by atoms with Gasteiger partial charge in [0.05, 0.1) is 16.7 Å². The monoisotopic (exact) mass is 602 g/mol. The Morgan fingerprint density at radius 3 is 1.79 bits per heavy atom. The number of benzene rings is 3. The topological polar surface area (TPSA) is 106 Å². The molecule has 1 aromatic heterocycles. The number of thioether (sulfide) groups is 1. The first-order chi connectivity index (χ1) is 20.4. The predicted molar refractivity (Wildman–Crippen MR) is 157 cm³/mol. The molecule has 2 heterocycles. The third-order valence-electron chi connectivity index (χ3n) is 6.47. The van der Waals surface area contributed by atoms with Gasteiger partial charge in [0.15, 0.2) is 18.4 Å². The molecule has 42 heavy (non-hydrogen) atoms. The summed E-state index contributed by atoms with van der Waals surface area (Å²) in [6.45, 7) is -0.292. The van der Waals surface area contributed by atoms with Crippen LogP contribution in [-0.2, 0) is 18.9 Å². The first kappa shape index (κ1) is 29.2. The van der Waals surface area contributed by atoms with Crippen LogP contribution in [-0.4, -0.2) is 58.6 Å². The van der Waals surface area contributed by atoms with Gasteiger partial charge in [-0.25, -0.2) is 19.4 Å². The van der Waals surface area contributed by atoms with Gasteiger partial charge in [-0.05, 0) is 60.9 Å². The standard InChI is InChI=1S/C31H26N2O7S2/c1-42-24-17-18-33(31(41)32-24)27-26(40-30(36)22-15-9-4-10-16-22)25(39-29(35)21-13-7-3-8-14-21)23(38-27)19-37-28(34)20-11-5-2-6-12-20/h2-18,23,25-27H,19H2,1H3/t23-,25+,26-,27-/m1/s1. The summed E-state index contributed by atoms with van der Waals surface area (Å²) in [6.07, 6.45) is -0.841. The van der Waals surface area contributed by atoms with Crippen LogP contribution in [0.15, 0.2) is 108 Å². The lowest BCUT2D eigenvalue weighted by atomic mass is 10.1. The summed E-state index contributed by atoms with van der Waals surface area (Å²) in [6, 6.07) is 27.0. The van der Waals surface area contributed by atoms with Crippen molar-refractivity contribution < 1.29 is 33.3 Å². The van der Waals surface area contributed by atoms with Crippen molar-refractivity contribution in [1.82, 2.24) is 9.55 Å². The van der Waals surface area contributed by atoms with Gasteiger partial charge in [0.2, 0.25) is 4.77 Å². The Balaban J connectivity index is 1.50. The summed E-state index contributed by atoms with van der Waals surface area (Å²) < 4.78 is 25.5. The highest BCUT2D eigenvalue weighted by Crippen LogP contribution is 2.36. The van der Waals surface area contributed by atoms with Crippen LogP contribution in [0.4, 0.5) is 0 Å². The van der Waals surface area contributed by atoms with Crippen molar-refractivity contribution in [1.29, 1.82) is 0 Å². The van der Waals surface area contributed by atoms with Crippen LogP contribution in [0.1, 0.15) is 37.3 Å². The van der Waals surface area contributed by atoms with Gasteiger partial charge in [0.1, 0.15) is 17.7 Å². The Kier molecular flexibility index (Phi) is 9.42. The number of aromatic nitrogens is 2. The number of nitrogens with zero attached hydrogens (tertiary/aromatic N) is 2. The second-order valence-electron chi connectivity index (χ2n) is 9.16. The summed E-state index contributed by atoms with van der Waals surface area (Å²) in [7, 11) is 0. The lowest BCUT2D eigenvalue weighted by Gasteiger charge is -2.25. The molecule has 214 valence electrons. The maximum absolute atomic E-state index is 13.3. The predicted octanol–water partition coefficient (Wildman–Crippen LogP) is 5.54. The van der Waals surface area contributed by atoms with Gasteiger partial charge in [0.25, 0.3) is 0 Å². The van der Waals surface area contributed by atoms with E-state index in [0.29, 0.717) is 16.2 Å². The molecule has 3 aromatic carbocycles. The van der Waals surface area contributed by atoms with Crippen molar-refractivity contribution in [2.45, 2.75) is 29.6 Å². The van der Waals surface area contributed by atoms with Crippen molar-refractivity contribution in [2.24, 2.45) is 0 Å². The van der Waals surface area contributed by atoms with Crippen LogP contribution in [0.2, 0.25) is 0 Å². The first-order valence-corrected chi connectivity index (χ1v) is 14.6. The van der Waals surface area contributed by atoms with Crippen molar-refractivity contribution >= 4 is 41.9 Å². The summed E-state index contributed by atoms with van der Waals surface area (Å²) in [5.74, 6) is -1.90. The van der Waals surface area contributed by atoms with E-state index in [4.69, 9.17) is 31.2 Å². The van der Waals surface area contributed by atoms with E-state index >= 15 is 0 Å². The molecular weight excluding hydrogens is 576 g/mol. The molecule has 9 nitrogen and oxygen atoms in total. The minimum absolute atomic E-state index is 0.169. The first-order valence-electron chi connectivity index (χ1n) is 13.0. The average Bonchev–Trinajstić information content (AvgIpc) is 3.36. The fraction of sp³-hybridized carbons (Fsp3) is 0.194. The van der Waals surface area contributed by atoms with E-state index in [0.717, 1.165) is 0 Å². The highest BCUT2D eigenvalue weighted by atomic mass is 32.2. The fourth-order valence-electron chi connectivity index (χ4n) is 4.39. The lowest BCUT2D eigenvalue weighted by Crippen LogP contribution is -2.41. The Morgan fingerprint density at radius 2 is 1.29 bits per heavy atom. The Bertz CT molecular complexity index is 1600. The summed E-state index contributed by atoms with van der Waals surface area (Å²) >= 11 is 6.95. The second kappa shape index (κ2) is 13.6. The molecule has 0 aliphatic carbocycles. The van der Waals surface area contributed by atoms with Crippen molar-refractivity contribution in [3.8, 4) is 0 Å². The Morgan fingerprint density at radius 1 is 0.786 bits per heavy atom. The Labute approximate surface area is 251 Å². The molecule has 0 saturated carbocycles. The minimum Gasteiger partial charge on any atom is -0.459 e. The molecule has 1 saturated heterocycles. The van der Waals surface area contributed by atoms with E-state index < -0.39 is 42.4 Å². The van der Waals surface area contributed by atoms with E-state index in [1.165, 1.54) is 16.3 Å². The van der Waals surface area contributed by atoms with Crippen LogP contribution in [0, 0.1) is 4.77 Å². The third-order valence-corrected chi connectivity index (χ3v) is 7.41. The highest BCUT2D eigenvalue weighted by molar-refractivity contribution is 7.98. The van der Waals surface area contributed by atoms with Crippen molar-refractivity contribution in [2.75, 3.05) is 12.9 Å². The molecule has 5 rings (SSSR count). The van der Waals surface area contributed by atoms with E-state index in [1.54, 1.807) is 103 Å². The SMILES string of the molecule is CSc1ccn([C@@H]2O[C@H](COC(=O)c3ccccc3)[C@H](OC(=O)c3ccccc3)[C@H]2OC(=O)c2ccccc2)c(=S)n1. The molecule has 0 radical (unpaired) electrons. The zero-order valence-electron chi connectivity index (χ0n) is 22.4. The van der Waals surface area contributed by atoms with Gasteiger partial charge in [-0.2, -0.15) is 0 Å². The number of carbonyl (C=O) groups is 3. The quantitative estimate of drug-likeness (QED) is 0.0797. The van der Waals surface area contributed by atoms with Gasteiger partial charge >= 0.3 is 17.9 Å². The zero-order chi connectivity index (χ0) is 29.5. The lowest BCUT2D eigenvalue weighted by molar-refractivity contribution is -0.0633. The van der Waals surface area contributed by atoms with Gasteiger partial charge in [-0.3, -0.25) is 4.57 Å². The number of esters is 3. The van der Waals surface area contributed by atoms with E-state index in [1.807, 2.05) is 6.26 Å². The van der Waals surface area contributed by atoms with Crippen LogP contribution in [0.3, 0.4) is 0 Å². The molecular formula is C31H26N2O7S2. The smallest absolute Gasteiger partial charge is 0.338 e. The van der Waals surface area contributed by atoms with Gasteiger partial charge in [-0.1, -0.05) is 54.6 Å². The molecule has 1 aliphatic heterocycles. The fourth-order valence-corrected chi connectivity index (χ4v) is 5.08. The van der Waals surface area contributed by atoms with Crippen molar-refractivity contribution in [3.63, 3.8) is 0 Å². The zero-order valence-corrected chi connectivity index (χ0v) is 24.0. The molecule has 0 unspecified atom stereocenters. The molecule has 1 fully saturated rings. The minimum atomic E-state index is -1.17. The van der Waals surface area contributed by atoms with Gasteiger partial charge in [0, 0.05) is 6.20 Å². The Hall–Kier alpha value is -4.32. The number of hydrogen-bond donors (Lipinski definition) is 0. The molecule has 11 heteroatoms. The normalized spacial score (nSPS) is 19.5. The van der Waals surface area contributed by atoms with E-state index in [-0.39, 0.29) is 16.9 Å². The van der Waals surface area contributed by atoms with Crippen LogP contribution >= 0.6 is 24.0 Å². The number of hydrogen-bond acceptors (Lipinski definition) is 10. The van der Waals surface area contributed by atoms with Gasteiger partial charge < -0.3 is 18.9 Å². The van der Waals surface area contributed by atoms with Crippen molar-refractivity contribution in [3.05, 3.63) is 125 Å². The maximum atomic E-state index is 13.3. The van der Waals surface area contributed by atoms with E-state index in [2.05, 4.69) is 4.98 Å². The number of ether oxygens (including phenoxy) is 4.